The van der Waals surface area contributed by atoms with Crippen molar-refractivity contribution in [3.63, 3.8) is 0 Å². The zero-order valence-corrected chi connectivity index (χ0v) is 13.4. The predicted octanol–water partition coefficient (Wildman–Crippen LogP) is 3.75. The lowest BCUT2D eigenvalue weighted by molar-refractivity contribution is 0.424. The number of aromatic nitrogens is 4. The SMILES string of the molecule is CCC(CC)n1ccc(Cn2cc(Cl)c(I)n2)n1. The highest BCUT2D eigenvalue weighted by atomic mass is 127. The van der Waals surface area contributed by atoms with Gasteiger partial charge in [0.25, 0.3) is 0 Å². The van der Waals surface area contributed by atoms with Gasteiger partial charge in [0.05, 0.1) is 23.3 Å². The van der Waals surface area contributed by atoms with E-state index < -0.39 is 0 Å². The van der Waals surface area contributed by atoms with Gasteiger partial charge < -0.3 is 0 Å². The zero-order chi connectivity index (χ0) is 13.1. The molecule has 0 saturated heterocycles. The van der Waals surface area contributed by atoms with Crippen molar-refractivity contribution in [2.45, 2.75) is 39.3 Å². The molecule has 0 N–H and O–H groups in total. The number of hydrogen-bond acceptors (Lipinski definition) is 2. The summed E-state index contributed by atoms with van der Waals surface area (Å²) in [4.78, 5) is 0. The molecule has 0 aromatic carbocycles. The maximum Gasteiger partial charge on any atom is 0.141 e. The molecule has 18 heavy (non-hydrogen) atoms. The minimum Gasteiger partial charge on any atom is -0.269 e. The van der Waals surface area contributed by atoms with Gasteiger partial charge in [-0.2, -0.15) is 10.2 Å². The lowest BCUT2D eigenvalue weighted by Gasteiger charge is -2.12. The van der Waals surface area contributed by atoms with Crippen molar-refractivity contribution in [2.24, 2.45) is 0 Å². The van der Waals surface area contributed by atoms with E-state index in [1.54, 1.807) is 0 Å². The van der Waals surface area contributed by atoms with Crippen molar-refractivity contribution in [1.29, 1.82) is 0 Å². The third-order valence-corrected chi connectivity index (χ3v) is 4.37. The largest absolute Gasteiger partial charge is 0.269 e. The van der Waals surface area contributed by atoms with Crippen LogP contribution in [0.25, 0.3) is 0 Å². The molecule has 2 aromatic heterocycles. The van der Waals surface area contributed by atoms with Gasteiger partial charge in [-0.15, -0.1) is 0 Å². The molecule has 0 unspecified atom stereocenters. The average molecular weight is 379 g/mol. The Hall–Kier alpha value is -0.560. The highest BCUT2D eigenvalue weighted by molar-refractivity contribution is 14.1. The van der Waals surface area contributed by atoms with Crippen LogP contribution in [0.5, 0.6) is 0 Å². The van der Waals surface area contributed by atoms with Crippen molar-refractivity contribution in [1.82, 2.24) is 19.6 Å². The second kappa shape index (κ2) is 6.06. The van der Waals surface area contributed by atoms with Gasteiger partial charge in [-0.3, -0.25) is 9.36 Å². The monoisotopic (exact) mass is 378 g/mol. The second-order valence-electron chi connectivity index (χ2n) is 4.22. The van der Waals surface area contributed by atoms with E-state index in [0.717, 1.165) is 22.2 Å². The van der Waals surface area contributed by atoms with Crippen LogP contribution in [0.15, 0.2) is 18.5 Å². The molecule has 0 saturated carbocycles. The molecule has 0 atom stereocenters. The number of halogens is 2. The summed E-state index contributed by atoms with van der Waals surface area (Å²) in [5.74, 6) is 0. The van der Waals surface area contributed by atoms with Crippen molar-refractivity contribution in [3.05, 3.63) is 32.9 Å². The van der Waals surface area contributed by atoms with Crippen molar-refractivity contribution in [2.75, 3.05) is 0 Å². The average Bonchev–Trinajstić information content (AvgIpc) is 2.90. The fourth-order valence-electron chi connectivity index (χ4n) is 1.95. The highest BCUT2D eigenvalue weighted by Crippen LogP contribution is 2.17. The van der Waals surface area contributed by atoms with E-state index in [9.17, 15) is 0 Å². The smallest absolute Gasteiger partial charge is 0.141 e. The van der Waals surface area contributed by atoms with Crippen LogP contribution in [0, 0.1) is 3.70 Å². The summed E-state index contributed by atoms with van der Waals surface area (Å²) >= 11 is 8.11. The summed E-state index contributed by atoms with van der Waals surface area (Å²) < 4.78 is 4.70. The Morgan fingerprint density at radius 1 is 1.33 bits per heavy atom. The quantitative estimate of drug-likeness (QED) is 0.743. The lowest BCUT2D eigenvalue weighted by Crippen LogP contribution is -2.09. The summed E-state index contributed by atoms with van der Waals surface area (Å²) in [6.45, 7) is 5.03. The summed E-state index contributed by atoms with van der Waals surface area (Å²) in [6, 6.07) is 2.53. The summed E-state index contributed by atoms with van der Waals surface area (Å²) in [5, 5.41) is 9.61. The fourth-order valence-corrected chi connectivity index (χ4v) is 2.52. The van der Waals surface area contributed by atoms with E-state index in [1.807, 2.05) is 27.8 Å². The Balaban J connectivity index is 2.11. The first-order chi connectivity index (χ1) is 8.63. The first-order valence-electron chi connectivity index (χ1n) is 6.06. The number of rotatable bonds is 5. The second-order valence-corrected chi connectivity index (χ2v) is 5.65. The van der Waals surface area contributed by atoms with Gasteiger partial charge in [-0.25, -0.2) is 0 Å². The van der Waals surface area contributed by atoms with Crippen LogP contribution >= 0.6 is 34.2 Å². The van der Waals surface area contributed by atoms with Crippen LogP contribution in [0.1, 0.15) is 38.4 Å². The van der Waals surface area contributed by atoms with Gasteiger partial charge in [-0.1, -0.05) is 25.4 Å². The van der Waals surface area contributed by atoms with Crippen LogP contribution in [0.2, 0.25) is 5.02 Å². The molecule has 4 nitrogen and oxygen atoms in total. The third kappa shape index (κ3) is 3.06. The van der Waals surface area contributed by atoms with E-state index in [1.165, 1.54) is 0 Å². The standard InChI is InChI=1S/C12H16ClIN4/c1-3-10(4-2)18-6-5-9(15-18)7-17-8-11(13)12(14)16-17/h5-6,8,10H,3-4,7H2,1-2H3. The van der Waals surface area contributed by atoms with E-state index >= 15 is 0 Å². The summed E-state index contributed by atoms with van der Waals surface area (Å²) in [5.41, 5.74) is 1.01. The van der Waals surface area contributed by atoms with Crippen LogP contribution < -0.4 is 0 Å². The lowest BCUT2D eigenvalue weighted by atomic mass is 10.2. The molecule has 0 spiro atoms. The maximum atomic E-state index is 5.98. The van der Waals surface area contributed by atoms with Gasteiger partial charge in [0.1, 0.15) is 3.70 Å². The van der Waals surface area contributed by atoms with Gasteiger partial charge in [0.15, 0.2) is 0 Å². The number of nitrogens with zero attached hydrogens (tertiary/aromatic N) is 4. The fraction of sp³-hybridized carbons (Fsp3) is 0.500. The molecule has 6 heteroatoms. The number of hydrogen-bond donors (Lipinski definition) is 0. The molecular formula is C12H16ClIN4. The van der Waals surface area contributed by atoms with Crippen LogP contribution in [-0.4, -0.2) is 19.6 Å². The molecular weight excluding hydrogens is 363 g/mol. The molecule has 2 heterocycles. The third-order valence-electron chi connectivity index (χ3n) is 2.98. The van der Waals surface area contributed by atoms with E-state index in [-0.39, 0.29) is 0 Å². The van der Waals surface area contributed by atoms with Crippen molar-refractivity contribution >= 4 is 34.2 Å². The molecule has 0 bridgehead atoms. The maximum absolute atomic E-state index is 5.98. The highest BCUT2D eigenvalue weighted by Gasteiger charge is 2.09. The van der Waals surface area contributed by atoms with Crippen LogP contribution in [0.3, 0.4) is 0 Å². The van der Waals surface area contributed by atoms with Crippen LogP contribution in [-0.2, 0) is 6.54 Å². The molecule has 2 rings (SSSR count). The van der Waals surface area contributed by atoms with E-state index in [2.05, 4.69) is 46.6 Å². The molecule has 0 aliphatic carbocycles. The summed E-state index contributed by atoms with van der Waals surface area (Å²) in [6.07, 6.45) is 6.08. The molecule has 0 radical (unpaired) electrons. The summed E-state index contributed by atoms with van der Waals surface area (Å²) in [7, 11) is 0. The molecule has 0 aliphatic rings. The molecule has 0 fully saturated rings. The topological polar surface area (TPSA) is 35.6 Å². The predicted molar refractivity (Wildman–Crippen MR) is 80.9 cm³/mol. The molecule has 0 aliphatic heterocycles. The van der Waals surface area contributed by atoms with E-state index in [0.29, 0.717) is 17.6 Å². The molecule has 98 valence electrons. The van der Waals surface area contributed by atoms with E-state index in [4.69, 9.17) is 11.6 Å². The van der Waals surface area contributed by atoms with Crippen LogP contribution in [0.4, 0.5) is 0 Å². The Labute approximate surface area is 125 Å². The Bertz CT molecular complexity index is 496. The van der Waals surface area contributed by atoms with Gasteiger partial charge in [0, 0.05) is 12.4 Å². The van der Waals surface area contributed by atoms with Crippen molar-refractivity contribution < 1.29 is 0 Å². The van der Waals surface area contributed by atoms with Gasteiger partial charge in [-0.05, 0) is 41.5 Å². The minimum absolute atomic E-state index is 0.486. The zero-order valence-electron chi connectivity index (χ0n) is 10.5. The Morgan fingerprint density at radius 2 is 2.06 bits per heavy atom. The van der Waals surface area contributed by atoms with Gasteiger partial charge >= 0.3 is 0 Å². The first-order valence-corrected chi connectivity index (χ1v) is 7.52. The first kappa shape index (κ1) is 13.9. The van der Waals surface area contributed by atoms with Gasteiger partial charge in [0.2, 0.25) is 0 Å². The Morgan fingerprint density at radius 3 is 2.61 bits per heavy atom. The Kier molecular flexibility index (Phi) is 4.66. The normalized spacial score (nSPS) is 11.4. The molecule has 2 aromatic rings. The molecule has 0 amide bonds. The van der Waals surface area contributed by atoms with Crippen molar-refractivity contribution in [3.8, 4) is 0 Å². The minimum atomic E-state index is 0.486.